The fourth-order valence-corrected chi connectivity index (χ4v) is 4.20. The molecule has 2 aromatic heterocycles. The van der Waals surface area contributed by atoms with E-state index in [4.69, 9.17) is 21.9 Å². The van der Waals surface area contributed by atoms with E-state index in [1.54, 1.807) is 38.5 Å². The Morgan fingerprint density at radius 2 is 1.85 bits per heavy atom. The molecule has 1 fully saturated rings. The Bertz CT molecular complexity index is 1220. The van der Waals surface area contributed by atoms with Crippen molar-refractivity contribution in [2.24, 2.45) is 0 Å². The van der Waals surface area contributed by atoms with Gasteiger partial charge in [-0.05, 0) is 30.7 Å². The Labute approximate surface area is 203 Å². The highest BCUT2D eigenvalue weighted by molar-refractivity contribution is 6.34. The number of carbonyl (C=O) groups excluding carboxylic acids is 2. The number of carbonyl (C=O) groups is 2. The van der Waals surface area contributed by atoms with Crippen molar-refractivity contribution in [1.82, 2.24) is 19.9 Å². The van der Waals surface area contributed by atoms with Crippen molar-refractivity contribution in [3.05, 3.63) is 58.6 Å². The van der Waals surface area contributed by atoms with Crippen LogP contribution in [0.5, 0.6) is 0 Å². The molecule has 0 atom stereocenters. The number of benzene rings is 1. The molecule has 0 aliphatic carbocycles. The summed E-state index contributed by atoms with van der Waals surface area (Å²) >= 11 is 6.35. The highest BCUT2D eigenvalue weighted by Gasteiger charge is 2.24. The van der Waals surface area contributed by atoms with Crippen molar-refractivity contribution in [3.63, 3.8) is 0 Å². The van der Waals surface area contributed by atoms with E-state index in [2.05, 4.69) is 15.0 Å². The second kappa shape index (κ2) is 9.72. The maximum Gasteiger partial charge on any atom is 0.254 e. The molecule has 178 valence electrons. The number of hydrogen-bond donors (Lipinski definition) is 1. The van der Waals surface area contributed by atoms with Crippen molar-refractivity contribution >= 4 is 34.9 Å². The number of nitrogens with zero attached hydrogens (tertiary/aromatic N) is 5. The molecule has 1 aliphatic heterocycles. The van der Waals surface area contributed by atoms with E-state index in [1.807, 2.05) is 24.0 Å². The summed E-state index contributed by atoms with van der Waals surface area (Å²) in [7, 11) is 3.37. The summed E-state index contributed by atoms with van der Waals surface area (Å²) in [5.74, 6) is 1.12. The maximum absolute atomic E-state index is 12.6. The van der Waals surface area contributed by atoms with Gasteiger partial charge in [-0.15, -0.1) is 0 Å². The van der Waals surface area contributed by atoms with Crippen LogP contribution in [0.4, 0.5) is 11.5 Å². The zero-order chi connectivity index (χ0) is 24.4. The molecule has 0 bridgehead atoms. The molecule has 2 amide bonds. The molecule has 10 heteroatoms. The first kappa shape index (κ1) is 23.6. The summed E-state index contributed by atoms with van der Waals surface area (Å²) < 4.78 is 5.15. The van der Waals surface area contributed by atoms with Gasteiger partial charge in [-0.25, -0.2) is 4.98 Å². The molecule has 0 spiro atoms. The van der Waals surface area contributed by atoms with Crippen LogP contribution in [-0.4, -0.2) is 72.0 Å². The molecule has 2 N–H and O–H groups in total. The van der Waals surface area contributed by atoms with Gasteiger partial charge < -0.3 is 25.0 Å². The highest BCUT2D eigenvalue weighted by Crippen LogP contribution is 2.30. The smallest absolute Gasteiger partial charge is 0.254 e. The molecular weight excluding hydrogens is 456 g/mol. The van der Waals surface area contributed by atoms with Gasteiger partial charge in [0.2, 0.25) is 5.91 Å². The van der Waals surface area contributed by atoms with Gasteiger partial charge in [0.05, 0.1) is 28.4 Å². The molecule has 1 aromatic carbocycles. The van der Waals surface area contributed by atoms with Gasteiger partial charge in [-0.2, -0.15) is 0 Å². The zero-order valence-electron chi connectivity index (χ0n) is 19.4. The number of nitrogens with two attached hydrogens (primary N) is 1. The molecule has 0 saturated carbocycles. The van der Waals surface area contributed by atoms with Crippen LogP contribution in [-0.2, 0) is 11.2 Å². The van der Waals surface area contributed by atoms with Crippen molar-refractivity contribution in [1.29, 1.82) is 0 Å². The fourth-order valence-electron chi connectivity index (χ4n) is 3.93. The molecule has 1 saturated heterocycles. The summed E-state index contributed by atoms with van der Waals surface area (Å²) in [6.07, 6.45) is 1.95. The van der Waals surface area contributed by atoms with E-state index in [-0.39, 0.29) is 18.2 Å². The number of nitrogen functional groups attached to an aromatic ring is 1. The summed E-state index contributed by atoms with van der Waals surface area (Å²) in [5, 5.41) is 4.20. The topological polar surface area (TPSA) is 109 Å². The first-order valence-electron chi connectivity index (χ1n) is 10.9. The van der Waals surface area contributed by atoms with Crippen LogP contribution in [0.25, 0.3) is 11.1 Å². The van der Waals surface area contributed by atoms with Crippen LogP contribution in [0, 0.1) is 6.92 Å². The third kappa shape index (κ3) is 4.99. The van der Waals surface area contributed by atoms with Gasteiger partial charge in [0.1, 0.15) is 5.76 Å². The molecule has 9 nitrogen and oxygen atoms in total. The SMILES string of the molecule is Cc1cc(CC(=O)N2CCN(c3ncc(-c4ccc(C(=O)N(C)C)c(Cl)c4)cc3N)CC2)on1. The molecular formula is C24H27ClN6O3. The predicted octanol–water partition coefficient (Wildman–Crippen LogP) is 2.87. The number of amides is 2. The number of anilines is 2. The maximum atomic E-state index is 12.6. The largest absolute Gasteiger partial charge is 0.396 e. The Morgan fingerprint density at radius 3 is 2.44 bits per heavy atom. The number of pyridine rings is 1. The summed E-state index contributed by atoms with van der Waals surface area (Å²) in [6.45, 7) is 4.24. The lowest BCUT2D eigenvalue weighted by Gasteiger charge is -2.35. The first-order valence-corrected chi connectivity index (χ1v) is 11.3. The molecule has 3 heterocycles. The minimum Gasteiger partial charge on any atom is -0.396 e. The number of aromatic nitrogens is 2. The monoisotopic (exact) mass is 482 g/mol. The standard InChI is InChI=1S/C24H27ClN6O3/c1-15-10-18(34-28-15)13-22(32)30-6-8-31(9-7-30)23-21(26)12-17(14-27-23)16-4-5-19(20(25)11-16)24(33)29(2)3/h4-5,10-12,14H,6-9,13,26H2,1-3H3. The normalized spacial score (nSPS) is 13.8. The average molecular weight is 483 g/mol. The predicted molar refractivity (Wildman–Crippen MR) is 131 cm³/mol. The van der Waals surface area contributed by atoms with Crippen LogP contribution >= 0.6 is 11.6 Å². The van der Waals surface area contributed by atoms with Crippen LogP contribution in [0.15, 0.2) is 41.1 Å². The molecule has 0 unspecified atom stereocenters. The second-order valence-corrected chi connectivity index (χ2v) is 8.92. The Morgan fingerprint density at radius 1 is 1.12 bits per heavy atom. The van der Waals surface area contributed by atoms with E-state index in [9.17, 15) is 9.59 Å². The van der Waals surface area contributed by atoms with E-state index >= 15 is 0 Å². The van der Waals surface area contributed by atoms with E-state index in [0.717, 1.165) is 16.8 Å². The van der Waals surface area contributed by atoms with E-state index in [1.165, 1.54) is 4.90 Å². The van der Waals surface area contributed by atoms with Crippen molar-refractivity contribution in [2.75, 3.05) is 50.9 Å². The molecule has 34 heavy (non-hydrogen) atoms. The molecule has 4 rings (SSSR count). The van der Waals surface area contributed by atoms with Crippen molar-refractivity contribution < 1.29 is 14.1 Å². The quantitative estimate of drug-likeness (QED) is 0.595. The van der Waals surface area contributed by atoms with Gasteiger partial charge in [-0.3, -0.25) is 9.59 Å². The van der Waals surface area contributed by atoms with Gasteiger partial charge in [0.25, 0.3) is 5.91 Å². The van der Waals surface area contributed by atoms with Crippen LogP contribution in [0.2, 0.25) is 5.02 Å². The summed E-state index contributed by atoms with van der Waals surface area (Å²) in [4.78, 5) is 34.7. The number of halogens is 1. The minimum atomic E-state index is -0.155. The summed E-state index contributed by atoms with van der Waals surface area (Å²) in [5.41, 5.74) is 9.72. The Kier molecular flexibility index (Phi) is 6.74. The third-order valence-electron chi connectivity index (χ3n) is 5.77. The lowest BCUT2D eigenvalue weighted by molar-refractivity contribution is -0.131. The Hall–Kier alpha value is -3.59. The zero-order valence-corrected chi connectivity index (χ0v) is 20.2. The third-order valence-corrected chi connectivity index (χ3v) is 6.08. The average Bonchev–Trinajstić information content (AvgIpc) is 3.23. The fraction of sp³-hybridized carbons (Fsp3) is 0.333. The van der Waals surface area contributed by atoms with Crippen LogP contribution in [0.3, 0.4) is 0 Å². The van der Waals surface area contributed by atoms with Crippen molar-refractivity contribution in [3.8, 4) is 11.1 Å². The van der Waals surface area contributed by atoms with E-state index in [0.29, 0.717) is 54.0 Å². The second-order valence-electron chi connectivity index (χ2n) is 8.51. The number of hydrogen-bond acceptors (Lipinski definition) is 7. The van der Waals surface area contributed by atoms with Gasteiger partial charge in [-0.1, -0.05) is 22.8 Å². The number of piperazine rings is 1. The van der Waals surface area contributed by atoms with E-state index < -0.39 is 0 Å². The first-order chi connectivity index (χ1) is 16.2. The molecule has 3 aromatic rings. The van der Waals surface area contributed by atoms with Gasteiger partial charge in [0, 0.05) is 58.1 Å². The minimum absolute atomic E-state index is 0.0140. The van der Waals surface area contributed by atoms with Gasteiger partial charge >= 0.3 is 0 Å². The number of rotatable bonds is 5. The lowest BCUT2D eigenvalue weighted by Crippen LogP contribution is -2.49. The summed E-state index contributed by atoms with van der Waals surface area (Å²) in [6, 6.07) is 8.92. The molecule has 0 radical (unpaired) electrons. The highest BCUT2D eigenvalue weighted by atomic mass is 35.5. The molecule has 1 aliphatic rings. The van der Waals surface area contributed by atoms with Crippen LogP contribution in [0.1, 0.15) is 21.8 Å². The lowest BCUT2D eigenvalue weighted by atomic mass is 10.0. The number of aryl methyl sites for hydroxylation is 1. The van der Waals surface area contributed by atoms with Gasteiger partial charge in [0.15, 0.2) is 5.82 Å². The van der Waals surface area contributed by atoms with Crippen LogP contribution < -0.4 is 10.6 Å². The Balaban J connectivity index is 1.41. The van der Waals surface area contributed by atoms with Crippen molar-refractivity contribution in [2.45, 2.75) is 13.3 Å².